The van der Waals surface area contributed by atoms with Gasteiger partial charge in [0.15, 0.2) is 0 Å². The Hall–Kier alpha value is -1.13. The molecule has 0 saturated heterocycles. The summed E-state index contributed by atoms with van der Waals surface area (Å²) in [5.41, 5.74) is 0.595. The topological polar surface area (TPSA) is 25.8 Å². The number of aryl methyl sites for hydroxylation is 1. The van der Waals surface area contributed by atoms with Crippen LogP contribution < -0.4 is 0 Å². The fourth-order valence-electron chi connectivity index (χ4n) is 1.52. The van der Waals surface area contributed by atoms with Crippen LogP contribution in [-0.4, -0.2) is 16.1 Å². The molecular formula is C9H9F3N2. The minimum absolute atomic E-state index is 0.177. The summed E-state index contributed by atoms with van der Waals surface area (Å²) >= 11 is 0. The summed E-state index contributed by atoms with van der Waals surface area (Å²) in [6.07, 6.45) is -0.928. The lowest BCUT2D eigenvalue weighted by molar-refractivity contribution is -0.148. The van der Waals surface area contributed by atoms with Crippen molar-refractivity contribution < 1.29 is 13.2 Å². The van der Waals surface area contributed by atoms with Crippen LogP contribution in [0.2, 0.25) is 0 Å². The van der Waals surface area contributed by atoms with Gasteiger partial charge in [-0.25, -0.2) is 9.97 Å². The van der Waals surface area contributed by atoms with Crippen molar-refractivity contribution in [1.29, 1.82) is 0 Å². The third-order valence-electron chi connectivity index (χ3n) is 2.44. The molecule has 0 radical (unpaired) electrons. The van der Waals surface area contributed by atoms with Gasteiger partial charge in [0.25, 0.3) is 0 Å². The van der Waals surface area contributed by atoms with Crippen LogP contribution in [0, 0.1) is 12.8 Å². The van der Waals surface area contributed by atoms with E-state index in [4.69, 9.17) is 0 Å². The van der Waals surface area contributed by atoms with E-state index in [1.807, 2.05) is 0 Å². The maximum Gasteiger partial charge on any atom is 0.392 e. The van der Waals surface area contributed by atoms with Crippen LogP contribution in [0.15, 0.2) is 12.4 Å². The zero-order valence-corrected chi connectivity index (χ0v) is 7.54. The van der Waals surface area contributed by atoms with Crippen LogP contribution in [0.5, 0.6) is 0 Å². The summed E-state index contributed by atoms with van der Waals surface area (Å²) in [5, 5.41) is 0. The molecule has 1 aliphatic rings. The third-order valence-corrected chi connectivity index (χ3v) is 2.44. The van der Waals surface area contributed by atoms with E-state index in [-0.39, 0.29) is 6.42 Å². The van der Waals surface area contributed by atoms with Gasteiger partial charge in [0.1, 0.15) is 5.82 Å². The molecule has 1 heterocycles. The quantitative estimate of drug-likeness (QED) is 0.699. The van der Waals surface area contributed by atoms with Crippen molar-refractivity contribution >= 4 is 0 Å². The first-order chi connectivity index (χ1) is 6.48. The van der Waals surface area contributed by atoms with Gasteiger partial charge in [0.05, 0.1) is 5.92 Å². The highest BCUT2D eigenvalue weighted by Crippen LogP contribution is 2.55. The van der Waals surface area contributed by atoms with Gasteiger partial charge in [-0.15, -0.1) is 0 Å². The highest BCUT2D eigenvalue weighted by molar-refractivity contribution is 5.21. The van der Waals surface area contributed by atoms with E-state index < -0.39 is 18.0 Å². The van der Waals surface area contributed by atoms with Crippen LogP contribution in [-0.2, 0) is 0 Å². The molecular weight excluding hydrogens is 193 g/mol. The predicted molar refractivity (Wildman–Crippen MR) is 43.7 cm³/mol. The second kappa shape index (κ2) is 2.93. The standard InChI is InChI=1S/C9H9F3N2/c1-5-13-3-6(4-14-5)7-2-8(7)9(10,11)12/h3-4,7-8H,2H2,1H3. The summed E-state index contributed by atoms with van der Waals surface area (Å²) in [6.45, 7) is 1.71. The zero-order chi connectivity index (χ0) is 10.3. The van der Waals surface area contributed by atoms with Gasteiger partial charge in [-0.05, 0) is 24.8 Å². The average Bonchev–Trinajstić information content (AvgIpc) is 2.83. The molecule has 1 aromatic heterocycles. The molecule has 2 rings (SSSR count). The van der Waals surface area contributed by atoms with Gasteiger partial charge in [0, 0.05) is 12.4 Å². The zero-order valence-electron chi connectivity index (χ0n) is 7.54. The molecule has 14 heavy (non-hydrogen) atoms. The van der Waals surface area contributed by atoms with E-state index in [1.54, 1.807) is 6.92 Å². The minimum atomic E-state index is -4.07. The third kappa shape index (κ3) is 1.71. The molecule has 1 saturated carbocycles. The monoisotopic (exact) mass is 202 g/mol. The number of nitrogens with zero attached hydrogens (tertiary/aromatic N) is 2. The Labute approximate surface area is 79.2 Å². The molecule has 0 amide bonds. The van der Waals surface area contributed by atoms with E-state index >= 15 is 0 Å². The Bertz CT molecular complexity index is 331. The molecule has 0 spiro atoms. The molecule has 2 nitrogen and oxygen atoms in total. The summed E-state index contributed by atoms with van der Waals surface area (Å²) < 4.78 is 36.6. The molecule has 1 fully saturated rings. The van der Waals surface area contributed by atoms with Crippen molar-refractivity contribution in [3.05, 3.63) is 23.8 Å². The summed E-state index contributed by atoms with van der Waals surface area (Å²) in [5.74, 6) is -1.03. The minimum Gasteiger partial charge on any atom is -0.241 e. The van der Waals surface area contributed by atoms with Gasteiger partial charge < -0.3 is 0 Å². The fraction of sp³-hybridized carbons (Fsp3) is 0.556. The number of halogens is 3. The van der Waals surface area contributed by atoms with Crippen LogP contribution in [0.4, 0.5) is 13.2 Å². The van der Waals surface area contributed by atoms with Gasteiger partial charge in [0.2, 0.25) is 0 Å². The van der Waals surface area contributed by atoms with Crippen molar-refractivity contribution in [2.75, 3.05) is 0 Å². The summed E-state index contributed by atoms with van der Waals surface area (Å²) in [6, 6.07) is 0. The molecule has 1 aliphatic carbocycles. The second-order valence-electron chi connectivity index (χ2n) is 3.55. The lowest BCUT2D eigenvalue weighted by atomic mass is 10.2. The van der Waals surface area contributed by atoms with Crippen LogP contribution >= 0.6 is 0 Å². The second-order valence-corrected chi connectivity index (χ2v) is 3.55. The van der Waals surface area contributed by atoms with Crippen molar-refractivity contribution in [1.82, 2.24) is 9.97 Å². The van der Waals surface area contributed by atoms with E-state index in [0.29, 0.717) is 11.4 Å². The van der Waals surface area contributed by atoms with Crippen molar-refractivity contribution in [3.8, 4) is 0 Å². The van der Waals surface area contributed by atoms with Crippen molar-refractivity contribution in [3.63, 3.8) is 0 Å². The lowest BCUT2D eigenvalue weighted by Crippen LogP contribution is -2.11. The van der Waals surface area contributed by atoms with Gasteiger partial charge in [-0.1, -0.05) is 0 Å². The van der Waals surface area contributed by atoms with E-state index in [1.165, 1.54) is 12.4 Å². The number of aromatic nitrogens is 2. The van der Waals surface area contributed by atoms with Crippen LogP contribution in [0.25, 0.3) is 0 Å². The Morgan fingerprint density at radius 1 is 1.29 bits per heavy atom. The maximum absolute atomic E-state index is 12.2. The van der Waals surface area contributed by atoms with E-state index in [9.17, 15) is 13.2 Å². The molecule has 0 aliphatic heterocycles. The fourth-order valence-corrected chi connectivity index (χ4v) is 1.52. The molecule has 0 N–H and O–H groups in total. The molecule has 0 bridgehead atoms. The first kappa shape index (κ1) is 9.43. The van der Waals surface area contributed by atoms with Gasteiger partial charge in [-0.2, -0.15) is 13.2 Å². The van der Waals surface area contributed by atoms with E-state index in [0.717, 1.165) is 0 Å². The summed E-state index contributed by atoms with van der Waals surface area (Å²) in [7, 11) is 0. The largest absolute Gasteiger partial charge is 0.392 e. The highest BCUT2D eigenvalue weighted by Gasteiger charge is 2.56. The number of rotatable bonds is 1. The predicted octanol–water partition coefficient (Wildman–Crippen LogP) is 2.45. The normalized spacial score (nSPS) is 26.3. The van der Waals surface area contributed by atoms with E-state index in [2.05, 4.69) is 9.97 Å². The summed E-state index contributed by atoms with van der Waals surface area (Å²) in [4.78, 5) is 7.76. The average molecular weight is 202 g/mol. The maximum atomic E-state index is 12.2. The molecule has 2 unspecified atom stereocenters. The number of hydrogen-bond acceptors (Lipinski definition) is 2. The SMILES string of the molecule is Cc1ncc(C2CC2C(F)(F)F)cn1. The Morgan fingerprint density at radius 2 is 1.86 bits per heavy atom. The van der Waals surface area contributed by atoms with Crippen LogP contribution in [0.1, 0.15) is 23.7 Å². The lowest BCUT2D eigenvalue weighted by Gasteiger charge is -2.04. The highest BCUT2D eigenvalue weighted by atomic mass is 19.4. The molecule has 76 valence electrons. The first-order valence-corrected chi connectivity index (χ1v) is 4.34. The molecule has 0 aromatic carbocycles. The Morgan fingerprint density at radius 3 is 2.29 bits per heavy atom. The molecule has 1 aromatic rings. The smallest absolute Gasteiger partial charge is 0.241 e. The molecule has 2 atom stereocenters. The number of alkyl halides is 3. The number of hydrogen-bond donors (Lipinski definition) is 0. The van der Waals surface area contributed by atoms with Crippen molar-refractivity contribution in [2.24, 2.45) is 5.92 Å². The Kier molecular flexibility index (Phi) is 1.97. The van der Waals surface area contributed by atoms with Crippen LogP contribution in [0.3, 0.4) is 0 Å². The van der Waals surface area contributed by atoms with Crippen molar-refractivity contribution in [2.45, 2.75) is 25.4 Å². The van der Waals surface area contributed by atoms with Gasteiger partial charge in [-0.3, -0.25) is 0 Å². The Balaban J connectivity index is 2.10. The first-order valence-electron chi connectivity index (χ1n) is 4.34. The molecule has 5 heteroatoms. The van der Waals surface area contributed by atoms with Gasteiger partial charge >= 0.3 is 6.18 Å².